The van der Waals surface area contributed by atoms with Gasteiger partial charge in [0.2, 0.25) is 0 Å². The summed E-state index contributed by atoms with van der Waals surface area (Å²) in [4.78, 5) is 2.23. The molecule has 0 atom stereocenters. The first-order valence-electron chi connectivity index (χ1n) is 7.42. The third-order valence-corrected chi connectivity index (χ3v) is 3.87. The molecule has 0 amide bonds. The van der Waals surface area contributed by atoms with E-state index >= 15 is 0 Å². The van der Waals surface area contributed by atoms with Gasteiger partial charge in [-0.05, 0) is 49.9 Å². The second-order valence-electron chi connectivity index (χ2n) is 5.25. The average molecular weight is 274 g/mol. The molecule has 21 heavy (non-hydrogen) atoms. The van der Waals surface area contributed by atoms with Gasteiger partial charge < -0.3 is 4.90 Å². The number of benzene rings is 2. The molecule has 2 nitrogen and oxygen atoms in total. The summed E-state index contributed by atoms with van der Waals surface area (Å²) in [5.41, 5.74) is 4.32. The van der Waals surface area contributed by atoms with Crippen LogP contribution in [0, 0.1) is 11.3 Å². The van der Waals surface area contributed by atoms with E-state index in [1.54, 1.807) is 0 Å². The molecule has 0 fully saturated rings. The Labute approximate surface area is 126 Å². The number of nitrogens with zero attached hydrogens (tertiary/aromatic N) is 2. The Hall–Kier alpha value is -2.53. The fourth-order valence-corrected chi connectivity index (χ4v) is 2.87. The van der Waals surface area contributed by atoms with Gasteiger partial charge in [0.15, 0.2) is 0 Å². The number of nitriles is 1. The van der Waals surface area contributed by atoms with E-state index in [1.807, 2.05) is 36.4 Å². The van der Waals surface area contributed by atoms with Gasteiger partial charge in [-0.3, -0.25) is 0 Å². The summed E-state index contributed by atoms with van der Waals surface area (Å²) in [6.07, 6.45) is 4.12. The number of rotatable bonds is 3. The minimum Gasteiger partial charge on any atom is -0.313 e. The van der Waals surface area contributed by atoms with Crippen LogP contribution in [-0.2, 0) is 0 Å². The van der Waals surface area contributed by atoms with Gasteiger partial charge in [0.05, 0.1) is 6.07 Å². The quantitative estimate of drug-likeness (QED) is 0.771. The average Bonchev–Trinajstić information content (AvgIpc) is 2.58. The predicted molar refractivity (Wildman–Crippen MR) is 86.1 cm³/mol. The normalized spacial score (nSPS) is 14.6. The van der Waals surface area contributed by atoms with Gasteiger partial charge in [0.25, 0.3) is 0 Å². The Morgan fingerprint density at radius 2 is 1.29 bits per heavy atom. The first-order valence-corrected chi connectivity index (χ1v) is 7.42. The monoisotopic (exact) mass is 274 g/mol. The Bertz CT molecular complexity index is 626. The zero-order valence-electron chi connectivity index (χ0n) is 12.0. The van der Waals surface area contributed by atoms with E-state index in [-0.39, 0.29) is 0 Å². The zero-order valence-corrected chi connectivity index (χ0v) is 12.0. The molecule has 0 aliphatic heterocycles. The molecule has 0 bridgehead atoms. The molecule has 3 rings (SSSR count). The first kappa shape index (κ1) is 13.5. The van der Waals surface area contributed by atoms with E-state index in [0.29, 0.717) is 0 Å². The molecule has 0 radical (unpaired) electrons. The maximum atomic E-state index is 9.47. The second kappa shape index (κ2) is 6.28. The third kappa shape index (κ3) is 2.83. The van der Waals surface area contributed by atoms with Gasteiger partial charge >= 0.3 is 0 Å². The highest BCUT2D eigenvalue weighted by molar-refractivity contribution is 5.69. The van der Waals surface area contributed by atoms with Crippen LogP contribution in [0.5, 0.6) is 0 Å². The van der Waals surface area contributed by atoms with Crippen molar-refractivity contribution >= 4 is 11.4 Å². The fourth-order valence-electron chi connectivity index (χ4n) is 2.87. The van der Waals surface area contributed by atoms with Crippen molar-refractivity contribution in [1.82, 2.24) is 0 Å². The van der Waals surface area contributed by atoms with Crippen molar-refractivity contribution in [1.29, 1.82) is 5.26 Å². The van der Waals surface area contributed by atoms with Gasteiger partial charge in [-0.15, -0.1) is 0 Å². The molecule has 2 aromatic carbocycles. The molecule has 0 heterocycles. The number of anilines is 2. The molecule has 0 aromatic heterocycles. The summed E-state index contributed by atoms with van der Waals surface area (Å²) < 4.78 is 0. The Kier molecular flexibility index (Phi) is 4.02. The lowest BCUT2D eigenvalue weighted by molar-refractivity contribution is 0.674. The van der Waals surface area contributed by atoms with E-state index in [1.165, 1.54) is 0 Å². The molecule has 0 unspecified atom stereocenters. The Morgan fingerprint density at radius 1 is 0.762 bits per heavy atom. The first-order chi connectivity index (χ1) is 10.4. The largest absolute Gasteiger partial charge is 0.313 e. The van der Waals surface area contributed by atoms with E-state index in [9.17, 15) is 5.26 Å². The van der Waals surface area contributed by atoms with Crippen LogP contribution in [0.2, 0.25) is 0 Å². The highest BCUT2D eigenvalue weighted by Gasteiger charge is 2.21. The minimum absolute atomic E-state index is 0.891. The van der Waals surface area contributed by atoms with Crippen LogP contribution in [0.25, 0.3) is 0 Å². The standard InChI is InChI=1S/C19H18N2/c20-15-16-9-7-8-14-19(16)21(17-10-3-1-4-11-17)18-12-5-2-6-13-18/h1-6,10-13H,7-9,14H2. The molecule has 0 saturated heterocycles. The van der Waals surface area contributed by atoms with Crippen LogP contribution < -0.4 is 4.90 Å². The van der Waals surface area contributed by atoms with Crippen molar-refractivity contribution in [2.45, 2.75) is 25.7 Å². The van der Waals surface area contributed by atoms with Crippen molar-refractivity contribution in [2.75, 3.05) is 4.90 Å². The lowest BCUT2D eigenvalue weighted by Crippen LogP contribution is -2.20. The van der Waals surface area contributed by atoms with E-state index < -0.39 is 0 Å². The number of allylic oxidation sites excluding steroid dienone is 2. The number of hydrogen-bond acceptors (Lipinski definition) is 2. The van der Waals surface area contributed by atoms with Crippen LogP contribution in [0.4, 0.5) is 11.4 Å². The van der Waals surface area contributed by atoms with Crippen molar-refractivity contribution in [3.8, 4) is 6.07 Å². The smallest absolute Gasteiger partial charge is 0.0965 e. The molecule has 1 aliphatic carbocycles. The third-order valence-electron chi connectivity index (χ3n) is 3.87. The maximum Gasteiger partial charge on any atom is 0.0965 e. The molecule has 0 saturated carbocycles. The second-order valence-corrected chi connectivity index (χ2v) is 5.25. The molecule has 0 spiro atoms. The zero-order chi connectivity index (χ0) is 14.5. The molecule has 1 aliphatic rings. The van der Waals surface area contributed by atoms with Crippen LogP contribution in [-0.4, -0.2) is 0 Å². The van der Waals surface area contributed by atoms with Gasteiger partial charge in [-0.1, -0.05) is 36.4 Å². The lowest BCUT2D eigenvalue weighted by atomic mass is 9.95. The summed E-state index contributed by atoms with van der Waals surface area (Å²) in [6, 6.07) is 23.0. The maximum absolute atomic E-state index is 9.47. The SMILES string of the molecule is N#CC1=C(N(c2ccccc2)c2ccccc2)CCCC1. The van der Waals surface area contributed by atoms with E-state index in [0.717, 1.165) is 48.3 Å². The van der Waals surface area contributed by atoms with Crippen molar-refractivity contribution in [3.05, 3.63) is 71.9 Å². The minimum atomic E-state index is 0.891. The summed E-state index contributed by atoms with van der Waals surface area (Å²) in [5, 5.41) is 9.47. The molecule has 0 N–H and O–H groups in total. The summed E-state index contributed by atoms with van der Waals surface area (Å²) in [5.74, 6) is 0. The van der Waals surface area contributed by atoms with Crippen molar-refractivity contribution < 1.29 is 0 Å². The molecular formula is C19H18N2. The summed E-state index contributed by atoms with van der Waals surface area (Å²) >= 11 is 0. The van der Waals surface area contributed by atoms with Gasteiger partial charge in [0.1, 0.15) is 0 Å². The predicted octanol–water partition coefficient (Wildman–Crippen LogP) is 5.18. The Morgan fingerprint density at radius 3 is 1.81 bits per heavy atom. The summed E-state index contributed by atoms with van der Waals surface area (Å²) in [6.45, 7) is 0. The molecule has 2 aromatic rings. The van der Waals surface area contributed by atoms with Crippen LogP contribution in [0.15, 0.2) is 71.9 Å². The van der Waals surface area contributed by atoms with Crippen molar-refractivity contribution in [3.63, 3.8) is 0 Å². The van der Waals surface area contributed by atoms with Crippen LogP contribution in [0.3, 0.4) is 0 Å². The number of hydrogen-bond donors (Lipinski definition) is 0. The Balaban J connectivity index is 2.14. The number of para-hydroxylation sites is 2. The van der Waals surface area contributed by atoms with Crippen LogP contribution >= 0.6 is 0 Å². The topological polar surface area (TPSA) is 27.0 Å². The van der Waals surface area contributed by atoms with Gasteiger partial charge in [-0.25, -0.2) is 0 Å². The highest BCUT2D eigenvalue weighted by Crippen LogP contribution is 2.36. The van der Waals surface area contributed by atoms with Gasteiger partial charge in [-0.2, -0.15) is 5.26 Å². The fraction of sp³-hybridized carbons (Fsp3) is 0.211. The van der Waals surface area contributed by atoms with Crippen LogP contribution in [0.1, 0.15) is 25.7 Å². The van der Waals surface area contributed by atoms with E-state index in [4.69, 9.17) is 0 Å². The summed E-state index contributed by atoms with van der Waals surface area (Å²) in [7, 11) is 0. The molecule has 2 heteroatoms. The van der Waals surface area contributed by atoms with E-state index in [2.05, 4.69) is 35.2 Å². The van der Waals surface area contributed by atoms with Crippen molar-refractivity contribution in [2.24, 2.45) is 0 Å². The molecular weight excluding hydrogens is 256 g/mol. The molecule has 104 valence electrons. The highest BCUT2D eigenvalue weighted by atomic mass is 15.1. The van der Waals surface area contributed by atoms with Gasteiger partial charge in [0, 0.05) is 22.6 Å². The lowest BCUT2D eigenvalue weighted by Gasteiger charge is -2.31.